The zero-order valence-electron chi connectivity index (χ0n) is 7.20. The largest absolute Gasteiger partial charge is 0.338 e. The Bertz CT molecular complexity index is 429. The van der Waals surface area contributed by atoms with Gasteiger partial charge in [0.15, 0.2) is 0 Å². The van der Waals surface area contributed by atoms with Crippen molar-refractivity contribution in [3.63, 3.8) is 0 Å². The summed E-state index contributed by atoms with van der Waals surface area (Å²) in [5, 5.41) is 0. The zero-order valence-corrected chi connectivity index (χ0v) is 7.20. The number of aryl methyl sites for hydroxylation is 2. The van der Waals surface area contributed by atoms with Crippen LogP contribution in [0.15, 0.2) is 18.5 Å². The Kier molecular flexibility index (Phi) is 1.33. The molecule has 0 fully saturated rings. The molecule has 0 radical (unpaired) electrons. The van der Waals surface area contributed by atoms with Crippen LogP contribution in [0.3, 0.4) is 0 Å². The number of benzene rings is 1. The number of fused-ring (bicyclic) bond motifs is 1. The van der Waals surface area contributed by atoms with Gasteiger partial charge in [-0.05, 0) is 31.0 Å². The van der Waals surface area contributed by atoms with Crippen LogP contribution in [-0.4, -0.2) is 9.66 Å². The molecule has 1 aromatic carbocycles. The minimum Gasteiger partial charge on any atom is -0.338 e. The van der Waals surface area contributed by atoms with Crippen LogP contribution in [-0.2, 0) is 0 Å². The lowest BCUT2D eigenvalue weighted by atomic mass is 10.1. The fraction of sp³-hybridized carbons (Fsp3) is 0.222. The van der Waals surface area contributed by atoms with Gasteiger partial charge in [-0.15, -0.1) is 0 Å². The summed E-state index contributed by atoms with van der Waals surface area (Å²) in [6, 6.07) is 4.05. The molecular formula is C9H11N3. The topological polar surface area (TPSA) is 43.8 Å². The second kappa shape index (κ2) is 2.24. The molecule has 3 nitrogen and oxygen atoms in total. The molecule has 62 valence electrons. The fourth-order valence-corrected chi connectivity index (χ4v) is 1.34. The van der Waals surface area contributed by atoms with Gasteiger partial charge in [0.2, 0.25) is 0 Å². The number of hydrogen-bond donors (Lipinski definition) is 1. The average Bonchev–Trinajstić information content (AvgIpc) is 2.41. The maximum Gasteiger partial charge on any atom is 0.115 e. The van der Waals surface area contributed by atoms with E-state index in [4.69, 9.17) is 5.84 Å². The Morgan fingerprint density at radius 2 is 2.08 bits per heavy atom. The molecule has 0 saturated carbocycles. The SMILES string of the molecule is Cc1ccc2c(ncn2N)c1C. The quantitative estimate of drug-likeness (QED) is 0.593. The van der Waals surface area contributed by atoms with Crippen molar-refractivity contribution in [1.82, 2.24) is 9.66 Å². The van der Waals surface area contributed by atoms with Crippen LogP contribution >= 0.6 is 0 Å². The molecule has 1 heterocycles. The Hall–Kier alpha value is -1.51. The van der Waals surface area contributed by atoms with Crippen molar-refractivity contribution < 1.29 is 0 Å². The molecule has 3 heteroatoms. The Labute approximate surface area is 70.8 Å². The van der Waals surface area contributed by atoms with E-state index in [1.54, 1.807) is 11.0 Å². The number of imidazole rings is 1. The second-order valence-electron chi connectivity index (χ2n) is 3.03. The lowest BCUT2D eigenvalue weighted by Crippen LogP contribution is -2.05. The maximum atomic E-state index is 5.65. The molecule has 0 aliphatic carbocycles. The first kappa shape index (κ1) is 7.16. The lowest BCUT2D eigenvalue weighted by Gasteiger charge is -2.00. The van der Waals surface area contributed by atoms with Crippen LogP contribution in [0.2, 0.25) is 0 Å². The molecular weight excluding hydrogens is 150 g/mol. The van der Waals surface area contributed by atoms with Gasteiger partial charge in [0.05, 0.1) is 11.0 Å². The van der Waals surface area contributed by atoms with Gasteiger partial charge in [-0.1, -0.05) is 6.07 Å². The standard InChI is InChI=1S/C9H11N3/c1-6-3-4-8-9(7(6)2)11-5-12(8)10/h3-5H,10H2,1-2H3. The van der Waals surface area contributed by atoms with E-state index in [1.807, 2.05) is 6.07 Å². The highest BCUT2D eigenvalue weighted by atomic mass is 15.3. The molecule has 0 unspecified atom stereocenters. The first-order valence-electron chi connectivity index (χ1n) is 3.88. The van der Waals surface area contributed by atoms with Gasteiger partial charge >= 0.3 is 0 Å². The highest BCUT2D eigenvalue weighted by molar-refractivity contribution is 5.79. The van der Waals surface area contributed by atoms with Gasteiger partial charge in [-0.25, -0.2) is 9.66 Å². The molecule has 1 aromatic heterocycles. The molecule has 12 heavy (non-hydrogen) atoms. The summed E-state index contributed by atoms with van der Waals surface area (Å²) in [6.07, 6.45) is 1.64. The van der Waals surface area contributed by atoms with Crippen LogP contribution < -0.4 is 5.84 Å². The third-order valence-corrected chi connectivity index (χ3v) is 2.27. The smallest absolute Gasteiger partial charge is 0.115 e. The van der Waals surface area contributed by atoms with Gasteiger partial charge in [0.25, 0.3) is 0 Å². The van der Waals surface area contributed by atoms with E-state index in [0.717, 1.165) is 11.0 Å². The van der Waals surface area contributed by atoms with Gasteiger partial charge in [0, 0.05) is 0 Å². The van der Waals surface area contributed by atoms with Crippen LogP contribution in [0, 0.1) is 13.8 Å². The van der Waals surface area contributed by atoms with E-state index in [-0.39, 0.29) is 0 Å². The second-order valence-corrected chi connectivity index (χ2v) is 3.03. The van der Waals surface area contributed by atoms with Crippen LogP contribution in [0.4, 0.5) is 0 Å². The van der Waals surface area contributed by atoms with Crippen molar-refractivity contribution in [3.05, 3.63) is 29.6 Å². The van der Waals surface area contributed by atoms with E-state index >= 15 is 0 Å². The average molecular weight is 161 g/mol. The van der Waals surface area contributed by atoms with Crippen molar-refractivity contribution in [1.29, 1.82) is 0 Å². The number of rotatable bonds is 0. The summed E-state index contributed by atoms with van der Waals surface area (Å²) >= 11 is 0. The number of hydrogen-bond acceptors (Lipinski definition) is 2. The van der Waals surface area contributed by atoms with Crippen molar-refractivity contribution in [2.24, 2.45) is 0 Å². The first-order valence-corrected chi connectivity index (χ1v) is 3.88. The van der Waals surface area contributed by atoms with Crippen molar-refractivity contribution >= 4 is 11.0 Å². The minimum atomic E-state index is 0.984. The first-order chi connectivity index (χ1) is 5.70. The monoisotopic (exact) mass is 161 g/mol. The Morgan fingerprint density at radius 3 is 2.83 bits per heavy atom. The molecule has 2 aromatic rings. The normalized spacial score (nSPS) is 10.8. The molecule has 2 rings (SSSR count). The van der Waals surface area contributed by atoms with Gasteiger partial charge in [-0.2, -0.15) is 0 Å². The third-order valence-electron chi connectivity index (χ3n) is 2.27. The van der Waals surface area contributed by atoms with Crippen molar-refractivity contribution in [2.45, 2.75) is 13.8 Å². The van der Waals surface area contributed by atoms with E-state index in [1.165, 1.54) is 11.1 Å². The molecule has 2 N–H and O–H groups in total. The zero-order chi connectivity index (χ0) is 8.72. The number of nitrogens with zero attached hydrogens (tertiary/aromatic N) is 2. The maximum absolute atomic E-state index is 5.65. The Balaban J connectivity index is 2.93. The molecule has 0 atom stereocenters. The van der Waals surface area contributed by atoms with E-state index in [0.29, 0.717) is 0 Å². The molecule has 0 saturated heterocycles. The fourth-order valence-electron chi connectivity index (χ4n) is 1.34. The Morgan fingerprint density at radius 1 is 1.33 bits per heavy atom. The summed E-state index contributed by atoms with van der Waals surface area (Å²) in [5.74, 6) is 5.65. The van der Waals surface area contributed by atoms with Gasteiger partial charge < -0.3 is 5.84 Å². The van der Waals surface area contributed by atoms with Crippen molar-refractivity contribution in [3.8, 4) is 0 Å². The third kappa shape index (κ3) is 0.794. The highest BCUT2D eigenvalue weighted by Crippen LogP contribution is 2.18. The lowest BCUT2D eigenvalue weighted by molar-refractivity contribution is 1.04. The highest BCUT2D eigenvalue weighted by Gasteiger charge is 2.03. The van der Waals surface area contributed by atoms with Crippen LogP contribution in [0.25, 0.3) is 11.0 Å². The summed E-state index contributed by atoms with van der Waals surface area (Å²) in [7, 11) is 0. The molecule has 0 aliphatic heterocycles. The van der Waals surface area contributed by atoms with E-state index in [9.17, 15) is 0 Å². The van der Waals surface area contributed by atoms with E-state index in [2.05, 4.69) is 24.9 Å². The summed E-state index contributed by atoms with van der Waals surface area (Å²) in [6.45, 7) is 4.13. The number of nitrogens with two attached hydrogens (primary N) is 1. The van der Waals surface area contributed by atoms with Gasteiger partial charge in [0.1, 0.15) is 6.33 Å². The minimum absolute atomic E-state index is 0.984. The predicted octanol–water partition coefficient (Wildman–Crippen LogP) is 1.37. The molecule has 0 spiro atoms. The van der Waals surface area contributed by atoms with Gasteiger partial charge in [-0.3, -0.25) is 0 Å². The summed E-state index contributed by atoms with van der Waals surface area (Å²) in [4.78, 5) is 4.22. The summed E-state index contributed by atoms with van der Waals surface area (Å²) < 4.78 is 1.54. The van der Waals surface area contributed by atoms with Crippen LogP contribution in [0.5, 0.6) is 0 Å². The van der Waals surface area contributed by atoms with Crippen molar-refractivity contribution in [2.75, 3.05) is 5.84 Å². The number of nitrogen functional groups attached to an aromatic ring is 1. The molecule has 0 bridgehead atoms. The molecule has 0 amide bonds. The van der Waals surface area contributed by atoms with E-state index < -0.39 is 0 Å². The summed E-state index contributed by atoms with van der Waals surface area (Å²) in [5.41, 5.74) is 4.44. The van der Waals surface area contributed by atoms with Crippen LogP contribution in [0.1, 0.15) is 11.1 Å². The molecule has 0 aliphatic rings. The number of aromatic nitrogens is 2. The predicted molar refractivity (Wildman–Crippen MR) is 49.4 cm³/mol.